The third-order valence-corrected chi connectivity index (χ3v) is 8.39. The molecule has 0 radical (unpaired) electrons. The standard InChI is InChI=1S/C22H37NO5/c1-21-9-8-18-22(2,14-27-20(28-18)13-26-3)17(21)7-6-16(24)15(21)12-19(25)23-10-4-5-11-23/h15-18,20,24H,4-14H2,1-3H3/t15-,16-,17-,18-,20-,21+,22+/m1/s1. The lowest BCUT2D eigenvalue weighted by molar-refractivity contribution is -0.316. The van der Waals surface area contributed by atoms with Gasteiger partial charge in [0.2, 0.25) is 5.91 Å². The molecule has 2 heterocycles. The molecule has 6 heteroatoms. The number of likely N-dealkylation sites (tertiary alicyclic amines) is 1. The van der Waals surface area contributed by atoms with Crippen molar-refractivity contribution in [2.45, 2.75) is 77.3 Å². The summed E-state index contributed by atoms with van der Waals surface area (Å²) < 4.78 is 17.5. The molecule has 28 heavy (non-hydrogen) atoms. The van der Waals surface area contributed by atoms with Crippen molar-refractivity contribution in [2.24, 2.45) is 22.7 Å². The predicted octanol–water partition coefficient (Wildman–Crippen LogP) is 2.58. The fraction of sp³-hybridized carbons (Fsp3) is 0.955. The number of carbonyl (C=O) groups is 1. The molecule has 0 aromatic carbocycles. The Balaban J connectivity index is 1.53. The first kappa shape index (κ1) is 20.6. The van der Waals surface area contributed by atoms with Crippen LogP contribution in [-0.4, -0.2) is 67.8 Å². The van der Waals surface area contributed by atoms with Gasteiger partial charge in [-0.15, -0.1) is 0 Å². The molecule has 0 unspecified atom stereocenters. The van der Waals surface area contributed by atoms with Crippen molar-refractivity contribution in [1.29, 1.82) is 0 Å². The summed E-state index contributed by atoms with van der Waals surface area (Å²) in [5, 5.41) is 10.9. The molecule has 6 nitrogen and oxygen atoms in total. The van der Waals surface area contributed by atoms with E-state index >= 15 is 0 Å². The monoisotopic (exact) mass is 395 g/mol. The highest BCUT2D eigenvalue weighted by Gasteiger charge is 2.61. The number of amides is 1. The number of nitrogens with zero attached hydrogens (tertiary/aromatic N) is 1. The van der Waals surface area contributed by atoms with Crippen LogP contribution in [0.2, 0.25) is 0 Å². The van der Waals surface area contributed by atoms with Crippen LogP contribution >= 0.6 is 0 Å². The zero-order valence-electron chi connectivity index (χ0n) is 17.7. The first-order chi connectivity index (χ1) is 13.4. The summed E-state index contributed by atoms with van der Waals surface area (Å²) in [5.41, 5.74) is -0.133. The van der Waals surface area contributed by atoms with Crippen LogP contribution in [-0.2, 0) is 19.0 Å². The van der Waals surface area contributed by atoms with Gasteiger partial charge >= 0.3 is 0 Å². The molecule has 1 amide bonds. The molecule has 0 spiro atoms. The molecule has 2 aliphatic heterocycles. The number of aliphatic hydroxyl groups is 1. The van der Waals surface area contributed by atoms with Crippen molar-refractivity contribution < 1.29 is 24.1 Å². The van der Waals surface area contributed by atoms with Crippen molar-refractivity contribution in [2.75, 3.05) is 33.4 Å². The van der Waals surface area contributed by atoms with Gasteiger partial charge < -0.3 is 24.2 Å². The van der Waals surface area contributed by atoms with Crippen LogP contribution in [0.15, 0.2) is 0 Å². The third kappa shape index (κ3) is 3.40. The topological polar surface area (TPSA) is 68.2 Å². The number of methoxy groups -OCH3 is 1. The number of rotatable bonds is 4. The van der Waals surface area contributed by atoms with E-state index in [-0.39, 0.29) is 41.2 Å². The maximum Gasteiger partial charge on any atom is 0.222 e. The summed E-state index contributed by atoms with van der Waals surface area (Å²) in [6.07, 6.45) is 5.86. The highest BCUT2D eigenvalue weighted by Crippen LogP contribution is 2.62. The molecule has 160 valence electrons. The van der Waals surface area contributed by atoms with Crippen LogP contribution < -0.4 is 0 Å². The number of hydrogen-bond donors (Lipinski definition) is 1. The Hall–Kier alpha value is -0.690. The SMILES string of the molecule is COC[C@@H]1OC[C@@]2(C)[C@@H]3CC[C@@H](O)[C@@H](CC(=O)N4CCCC4)[C@]3(C)CC[C@H]2O1. The van der Waals surface area contributed by atoms with Gasteiger partial charge in [-0.2, -0.15) is 0 Å². The lowest BCUT2D eigenvalue weighted by Crippen LogP contribution is -2.63. The summed E-state index contributed by atoms with van der Waals surface area (Å²) in [6, 6.07) is 0. The first-order valence-electron chi connectivity index (χ1n) is 11.1. The van der Waals surface area contributed by atoms with Crippen LogP contribution in [0.4, 0.5) is 0 Å². The van der Waals surface area contributed by atoms with E-state index in [1.807, 2.05) is 4.90 Å². The largest absolute Gasteiger partial charge is 0.393 e. The molecular weight excluding hydrogens is 358 g/mol. The second kappa shape index (κ2) is 7.86. The van der Waals surface area contributed by atoms with Gasteiger partial charge in [-0.1, -0.05) is 13.8 Å². The Bertz CT molecular complexity index is 579. The average molecular weight is 396 g/mol. The van der Waals surface area contributed by atoms with Gasteiger partial charge in [0.05, 0.1) is 25.4 Å². The van der Waals surface area contributed by atoms with E-state index in [1.165, 1.54) is 0 Å². The molecule has 7 atom stereocenters. The van der Waals surface area contributed by atoms with Crippen molar-refractivity contribution in [3.05, 3.63) is 0 Å². The molecule has 4 aliphatic rings. The normalized spacial score (nSPS) is 46.1. The molecule has 0 aromatic heterocycles. The summed E-state index contributed by atoms with van der Waals surface area (Å²) in [7, 11) is 1.67. The van der Waals surface area contributed by atoms with Gasteiger partial charge in [-0.3, -0.25) is 4.79 Å². The fourth-order valence-electron chi connectivity index (χ4n) is 6.79. The number of hydrogen-bond acceptors (Lipinski definition) is 5. The van der Waals surface area contributed by atoms with Crippen molar-refractivity contribution in [1.82, 2.24) is 4.90 Å². The Morgan fingerprint density at radius 2 is 1.93 bits per heavy atom. The Morgan fingerprint density at radius 3 is 2.64 bits per heavy atom. The molecular formula is C22H37NO5. The van der Waals surface area contributed by atoms with Crippen molar-refractivity contribution >= 4 is 5.91 Å². The number of aliphatic hydroxyl groups excluding tert-OH is 1. The Labute approximate surface area is 168 Å². The Kier molecular flexibility index (Phi) is 5.78. The van der Waals surface area contributed by atoms with Crippen LogP contribution in [0.1, 0.15) is 58.8 Å². The van der Waals surface area contributed by atoms with Crippen molar-refractivity contribution in [3.63, 3.8) is 0 Å². The van der Waals surface area contributed by atoms with Gasteiger partial charge in [0.1, 0.15) is 0 Å². The lowest BCUT2D eigenvalue weighted by atomic mass is 9.46. The number of fused-ring (bicyclic) bond motifs is 3. The lowest BCUT2D eigenvalue weighted by Gasteiger charge is -2.63. The fourth-order valence-corrected chi connectivity index (χ4v) is 6.79. The van der Waals surface area contributed by atoms with Crippen LogP contribution in [0.25, 0.3) is 0 Å². The zero-order chi connectivity index (χ0) is 19.9. The van der Waals surface area contributed by atoms with Gasteiger partial charge in [0.15, 0.2) is 6.29 Å². The average Bonchev–Trinajstić information content (AvgIpc) is 3.20. The maximum atomic E-state index is 12.9. The van der Waals surface area contributed by atoms with Gasteiger partial charge in [0.25, 0.3) is 0 Å². The summed E-state index contributed by atoms with van der Waals surface area (Å²) in [4.78, 5) is 14.9. The first-order valence-corrected chi connectivity index (χ1v) is 11.1. The second-order valence-electron chi connectivity index (χ2n) is 9.97. The van der Waals surface area contributed by atoms with E-state index in [0.29, 0.717) is 25.6 Å². The minimum Gasteiger partial charge on any atom is -0.393 e. The second-order valence-corrected chi connectivity index (χ2v) is 9.97. The summed E-state index contributed by atoms with van der Waals surface area (Å²) >= 11 is 0. The highest BCUT2D eigenvalue weighted by atomic mass is 16.7. The van der Waals surface area contributed by atoms with E-state index in [2.05, 4.69) is 13.8 Å². The number of ether oxygens (including phenoxy) is 3. The van der Waals surface area contributed by atoms with Gasteiger partial charge in [-0.25, -0.2) is 0 Å². The molecule has 2 saturated heterocycles. The molecule has 0 bridgehead atoms. The van der Waals surface area contributed by atoms with Gasteiger partial charge in [0, 0.05) is 32.0 Å². The highest BCUT2D eigenvalue weighted by molar-refractivity contribution is 5.76. The number of carbonyl (C=O) groups excluding carboxylic acids is 1. The molecule has 0 aromatic rings. The van der Waals surface area contributed by atoms with E-state index in [0.717, 1.165) is 51.6 Å². The molecule has 1 N–H and O–H groups in total. The Morgan fingerprint density at radius 1 is 1.18 bits per heavy atom. The summed E-state index contributed by atoms with van der Waals surface area (Å²) in [6.45, 7) is 7.48. The van der Waals surface area contributed by atoms with E-state index < -0.39 is 0 Å². The zero-order valence-corrected chi connectivity index (χ0v) is 17.7. The molecule has 2 saturated carbocycles. The van der Waals surface area contributed by atoms with Crippen molar-refractivity contribution in [3.8, 4) is 0 Å². The predicted molar refractivity (Wildman–Crippen MR) is 105 cm³/mol. The van der Waals surface area contributed by atoms with Crippen LogP contribution in [0, 0.1) is 22.7 Å². The van der Waals surface area contributed by atoms with E-state index in [9.17, 15) is 9.90 Å². The maximum absolute atomic E-state index is 12.9. The van der Waals surface area contributed by atoms with Crippen LogP contribution in [0.5, 0.6) is 0 Å². The minimum absolute atomic E-state index is 0.0221. The van der Waals surface area contributed by atoms with E-state index in [1.54, 1.807) is 7.11 Å². The van der Waals surface area contributed by atoms with Gasteiger partial charge in [-0.05, 0) is 55.8 Å². The molecule has 4 fully saturated rings. The quantitative estimate of drug-likeness (QED) is 0.792. The van der Waals surface area contributed by atoms with E-state index in [4.69, 9.17) is 14.2 Å². The smallest absolute Gasteiger partial charge is 0.222 e. The van der Waals surface area contributed by atoms with Crippen LogP contribution in [0.3, 0.4) is 0 Å². The molecule has 2 aliphatic carbocycles. The molecule has 4 rings (SSSR count). The minimum atomic E-state index is -0.389. The third-order valence-electron chi connectivity index (χ3n) is 8.39. The summed E-state index contributed by atoms with van der Waals surface area (Å²) in [5.74, 6) is 0.642.